The van der Waals surface area contributed by atoms with Crippen LogP contribution in [0.2, 0.25) is 5.02 Å². The van der Waals surface area contributed by atoms with E-state index in [-0.39, 0.29) is 18.2 Å². The van der Waals surface area contributed by atoms with Gasteiger partial charge in [0.1, 0.15) is 6.61 Å². The van der Waals surface area contributed by atoms with Gasteiger partial charge < -0.3 is 19.5 Å². The summed E-state index contributed by atoms with van der Waals surface area (Å²) in [6.07, 6.45) is -0.432. The average molecular weight is 284 g/mol. The Hall–Kier alpha value is -1.62. The third-order valence-corrected chi connectivity index (χ3v) is 3.75. The van der Waals surface area contributed by atoms with E-state index in [0.29, 0.717) is 23.1 Å². The first kappa shape index (κ1) is 12.4. The number of nitrogens with one attached hydrogen (secondary N) is 1. The number of hydrogen-bond donors (Lipinski definition) is 1. The highest BCUT2D eigenvalue weighted by molar-refractivity contribution is 6.31. The molecule has 0 unspecified atom stereocenters. The molecule has 102 valence electrons. The maximum atomic E-state index is 11.4. The van der Waals surface area contributed by atoms with Crippen molar-refractivity contribution in [1.29, 1.82) is 0 Å². The molecule has 6 heteroatoms. The minimum absolute atomic E-state index is 0.193. The number of cyclic esters (lactones) is 1. The van der Waals surface area contributed by atoms with Gasteiger partial charge >= 0.3 is 6.09 Å². The van der Waals surface area contributed by atoms with Crippen LogP contribution in [-0.2, 0) is 4.74 Å². The molecular weight excluding hydrogens is 270 g/mol. The molecule has 0 bridgehead atoms. The van der Waals surface area contributed by atoms with Gasteiger partial charge in [-0.05, 0) is 11.6 Å². The van der Waals surface area contributed by atoms with Crippen molar-refractivity contribution in [2.24, 2.45) is 5.41 Å². The molecule has 3 rings (SSSR count). The summed E-state index contributed by atoms with van der Waals surface area (Å²) in [5.74, 6) is 1.28. The smallest absolute Gasteiger partial charge is 0.407 e. The summed E-state index contributed by atoms with van der Waals surface area (Å²) in [5, 5.41) is 3.36. The quantitative estimate of drug-likeness (QED) is 0.861. The highest BCUT2D eigenvalue weighted by Crippen LogP contribution is 2.44. The molecule has 1 fully saturated rings. The molecule has 2 aliphatic rings. The van der Waals surface area contributed by atoms with Gasteiger partial charge in [0, 0.05) is 16.5 Å². The van der Waals surface area contributed by atoms with Crippen LogP contribution in [0.25, 0.3) is 0 Å². The van der Waals surface area contributed by atoms with Crippen LogP contribution in [0.15, 0.2) is 12.1 Å². The normalized spacial score (nSPS) is 23.7. The number of rotatable bonds is 1. The lowest BCUT2D eigenvalue weighted by atomic mass is 9.80. The average Bonchev–Trinajstić information content (AvgIpc) is 2.78. The van der Waals surface area contributed by atoms with Crippen LogP contribution in [0, 0.1) is 5.41 Å². The molecule has 1 aromatic rings. The summed E-state index contributed by atoms with van der Waals surface area (Å²) in [6, 6.07) is 3.32. The summed E-state index contributed by atoms with van der Waals surface area (Å²) < 4.78 is 15.7. The van der Waals surface area contributed by atoms with Crippen molar-refractivity contribution in [2.75, 3.05) is 13.4 Å². The summed E-state index contributed by atoms with van der Waals surface area (Å²) in [5.41, 5.74) is 0.554. The zero-order valence-corrected chi connectivity index (χ0v) is 11.4. The molecule has 1 atom stereocenters. The molecule has 0 radical (unpaired) electrons. The van der Waals surface area contributed by atoms with Crippen LogP contribution in [-0.4, -0.2) is 19.5 Å². The van der Waals surface area contributed by atoms with Gasteiger partial charge in [-0.15, -0.1) is 0 Å². The maximum Gasteiger partial charge on any atom is 0.407 e. The van der Waals surface area contributed by atoms with E-state index in [1.807, 2.05) is 19.9 Å². The standard InChI is InChI=1S/C13H14ClNO4/c1-13(2)5-17-12(16)15-11(13)7-3-9-10(4-8(7)14)19-6-18-9/h3-4,11H,5-6H2,1-2H3,(H,15,16)/t11-/m0/s1. The monoisotopic (exact) mass is 283 g/mol. The summed E-state index contributed by atoms with van der Waals surface area (Å²) in [4.78, 5) is 11.4. The molecule has 1 aromatic carbocycles. The third kappa shape index (κ3) is 2.08. The molecule has 1 N–H and O–H groups in total. The second-order valence-electron chi connectivity index (χ2n) is 5.37. The number of carbonyl (C=O) groups excluding carboxylic acids is 1. The summed E-state index contributed by atoms with van der Waals surface area (Å²) in [6.45, 7) is 4.56. The molecule has 0 aliphatic carbocycles. The molecule has 2 heterocycles. The molecule has 0 saturated carbocycles. The highest BCUT2D eigenvalue weighted by atomic mass is 35.5. The number of benzene rings is 1. The van der Waals surface area contributed by atoms with E-state index in [4.69, 9.17) is 25.8 Å². The van der Waals surface area contributed by atoms with E-state index < -0.39 is 6.09 Å². The van der Waals surface area contributed by atoms with E-state index in [9.17, 15) is 4.79 Å². The van der Waals surface area contributed by atoms with Gasteiger partial charge in [-0.2, -0.15) is 0 Å². The molecule has 0 spiro atoms. The van der Waals surface area contributed by atoms with Crippen LogP contribution in [0.1, 0.15) is 25.5 Å². The Bertz CT molecular complexity index is 544. The molecule has 0 aromatic heterocycles. The van der Waals surface area contributed by atoms with Crippen LogP contribution < -0.4 is 14.8 Å². The lowest BCUT2D eigenvalue weighted by Crippen LogP contribution is -2.47. The van der Waals surface area contributed by atoms with E-state index in [0.717, 1.165) is 5.56 Å². The summed E-state index contributed by atoms with van der Waals surface area (Å²) in [7, 11) is 0. The fraction of sp³-hybridized carbons (Fsp3) is 0.462. The number of alkyl carbamates (subject to hydrolysis) is 1. The minimum Gasteiger partial charge on any atom is -0.454 e. The Kier molecular flexibility index (Phi) is 2.74. The van der Waals surface area contributed by atoms with Crippen molar-refractivity contribution in [2.45, 2.75) is 19.9 Å². The predicted octanol–water partition coefficient (Wildman–Crippen LogP) is 2.88. The maximum absolute atomic E-state index is 11.4. The fourth-order valence-electron chi connectivity index (χ4n) is 2.34. The first-order valence-corrected chi connectivity index (χ1v) is 6.37. The second-order valence-corrected chi connectivity index (χ2v) is 5.78. The van der Waals surface area contributed by atoms with E-state index in [2.05, 4.69) is 5.32 Å². The number of amides is 1. The number of halogens is 1. The van der Waals surface area contributed by atoms with Crippen molar-refractivity contribution in [3.05, 3.63) is 22.7 Å². The first-order valence-electron chi connectivity index (χ1n) is 6.00. The molecule has 1 amide bonds. The van der Waals surface area contributed by atoms with Gasteiger partial charge in [0.05, 0.1) is 6.04 Å². The van der Waals surface area contributed by atoms with Gasteiger partial charge in [-0.25, -0.2) is 4.79 Å². The Morgan fingerprint density at radius 1 is 1.26 bits per heavy atom. The zero-order valence-electron chi connectivity index (χ0n) is 10.7. The lowest BCUT2D eigenvalue weighted by molar-refractivity contribution is 0.0387. The Labute approximate surface area is 115 Å². The Morgan fingerprint density at radius 3 is 2.68 bits per heavy atom. The second kappa shape index (κ2) is 4.20. The molecule has 19 heavy (non-hydrogen) atoms. The van der Waals surface area contributed by atoms with Crippen molar-refractivity contribution in [3.63, 3.8) is 0 Å². The Morgan fingerprint density at radius 2 is 1.95 bits per heavy atom. The predicted molar refractivity (Wildman–Crippen MR) is 68.6 cm³/mol. The minimum atomic E-state index is -0.432. The van der Waals surface area contributed by atoms with E-state index in [1.165, 1.54) is 0 Å². The summed E-state index contributed by atoms with van der Waals surface area (Å²) >= 11 is 6.29. The number of fused-ring (bicyclic) bond motifs is 1. The number of carbonyl (C=O) groups is 1. The van der Waals surface area contributed by atoms with Crippen LogP contribution >= 0.6 is 11.6 Å². The highest BCUT2D eigenvalue weighted by Gasteiger charge is 2.39. The number of ether oxygens (including phenoxy) is 3. The molecule has 5 nitrogen and oxygen atoms in total. The SMILES string of the molecule is CC1(C)COC(=O)N[C@H]1c1cc2c(cc1Cl)OCO2. The largest absolute Gasteiger partial charge is 0.454 e. The van der Waals surface area contributed by atoms with Crippen LogP contribution in [0.4, 0.5) is 4.79 Å². The zero-order chi connectivity index (χ0) is 13.6. The third-order valence-electron chi connectivity index (χ3n) is 3.42. The topological polar surface area (TPSA) is 56.8 Å². The van der Waals surface area contributed by atoms with Crippen LogP contribution in [0.5, 0.6) is 11.5 Å². The van der Waals surface area contributed by atoms with E-state index in [1.54, 1.807) is 6.07 Å². The van der Waals surface area contributed by atoms with Crippen molar-refractivity contribution in [1.82, 2.24) is 5.32 Å². The lowest BCUT2D eigenvalue weighted by Gasteiger charge is -2.38. The van der Waals surface area contributed by atoms with Gasteiger partial charge in [-0.3, -0.25) is 0 Å². The Balaban J connectivity index is 2.03. The van der Waals surface area contributed by atoms with Crippen LogP contribution in [0.3, 0.4) is 0 Å². The molecule has 1 saturated heterocycles. The van der Waals surface area contributed by atoms with Gasteiger partial charge in [-0.1, -0.05) is 25.4 Å². The van der Waals surface area contributed by atoms with Gasteiger partial charge in [0.2, 0.25) is 6.79 Å². The van der Waals surface area contributed by atoms with Gasteiger partial charge in [0.25, 0.3) is 0 Å². The first-order chi connectivity index (χ1) is 8.97. The molecular formula is C13H14ClNO4. The van der Waals surface area contributed by atoms with E-state index >= 15 is 0 Å². The van der Waals surface area contributed by atoms with Gasteiger partial charge in [0.15, 0.2) is 11.5 Å². The van der Waals surface area contributed by atoms with Crippen molar-refractivity contribution >= 4 is 17.7 Å². The number of hydrogen-bond acceptors (Lipinski definition) is 4. The molecule has 2 aliphatic heterocycles. The fourth-order valence-corrected chi connectivity index (χ4v) is 2.61. The van der Waals surface area contributed by atoms with Crippen molar-refractivity contribution in [3.8, 4) is 11.5 Å². The van der Waals surface area contributed by atoms with Crippen molar-refractivity contribution < 1.29 is 19.0 Å².